The quantitative estimate of drug-likeness (QED) is 0.772. The highest BCUT2D eigenvalue weighted by Crippen LogP contribution is 2.26. The second kappa shape index (κ2) is 6.99. The zero-order chi connectivity index (χ0) is 15.1. The highest BCUT2D eigenvalue weighted by atomic mass is 16.4. The zero-order valence-corrected chi connectivity index (χ0v) is 12.1. The fourth-order valence-corrected chi connectivity index (χ4v) is 2.33. The number of aromatic nitrogens is 3. The Labute approximate surface area is 123 Å². The summed E-state index contributed by atoms with van der Waals surface area (Å²) in [7, 11) is 0. The summed E-state index contributed by atoms with van der Waals surface area (Å²) in [6.07, 6.45) is 4.31. The van der Waals surface area contributed by atoms with Gasteiger partial charge in [0.15, 0.2) is 0 Å². The molecule has 1 aromatic heterocycles. The maximum Gasteiger partial charge on any atom is 0.328 e. The number of hydrogen-bond acceptors (Lipinski definition) is 4. The van der Waals surface area contributed by atoms with Crippen molar-refractivity contribution in [3.63, 3.8) is 0 Å². The average molecular weight is 288 g/mol. The number of carbonyl (C=O) groups is 1. The predicted molar refractivity (Wildman–Crippen MR) is 78.7 cm³/mol. The van der Waals surface area contributed by atoms with E-state index in [9.17, 15) is 9.90 Å². The first-order valence-corrected chi connectivity index (χ1v) is 7.05. The molecule has 0 aliphatic carbocycles. The molecule has 0 aliphatic heterocycles. The van der Waals surface area contributed by atoms with Gasteiger partial charge in [-0.1, -0.05) is 37.3 Å². The molecule has 0 aliphatic rings. The number of carboxylic acid groups (broad SMARTS) is 1. The molecule has 0 saturated heterocycles. The van der Waals surface area contributed by atoms with Gasteiger partial charge >= 0.3 is 5.97 Å². The van der Waals surface area contributed by atoms with Crippen molar-refractivity contribution in [3.8, 4) is 0 Å². The van der Waals surface area contributed by atoms with Crippen LogP contribution in [0.25, 0.3) is 0 Å². The molecule has 1 aromatic carbocycles. The second-order valence-electron chi connectivity index (χ2n) is 4.91. The van der Waals surface area contributed by atoms with Gasteiger partial charge in [0.25, 0.3) is 0 Å². The number of nitrogens with zero attached hydrogens (tertiary/aromatic N) is 3. The summed E-state index contributed by atoms with van der Waals surface area (Å²) in [5, 5.41) is 17.1. The maximum atomic E-state index is 12.0. The number of aryl methyl sites for hydroxylation is 1. The molecular formula is C15H20N4O2. The molecule has 112 valence electrons. The minimum absolute atomic E-state index is 0.399. The van der Waals surface area contributed by atoms with Gasteiger partial charge in [-0.2, -0.15) is 5.10 Å². The summed E-state index contributed by atoms with van der Waals surface area (Å²) in [5.41, 5.74) is -0.352. The molecule has 6 heteroatoms. The zero-order valence-electron chi connectivity index (χ0n) is 12.1. The number of rotatable bonds is 8. The van der Waals surface area contributed by atoms with E-state index < -0.39 is 11.5 Å². The first kappa shape index (κ1) is 15.2. The lowest BCUT2D eigenvalue weighted by Crippen LogP contribution is -2.50. The van der Waals surface area contributed by atoms with Crippen LogP contribution >= 0.6 is 0 Å². The lowest BCUT2D eigenvalue weighted by molar-refractivity contribution is -0.146. The Morgan fingerprint density at radius 1 is 1.38 bits per heavy atom. The average Bonchev–Trinajstić information content (AvgIpc) is 3.02. The first-order chi connectivity index (χ1) is 10.2. The molecular weight excluding hydrogens is 268 g/mol. The molecule has 2 N–H and O–H groups in total. The Morgan fingerprint density at radius 3 is 2.71 bits per heavy atom. The van der Waals surface area contributed by atoms with Crippen molar-refractivity contribution in [2.75, 3.05) is 6.54 Å². The van der Waals surface area contributed by atoms with Crippen molar-refractivity contribution in [1.29, 1.82) is 0 Å². The Bertz CT molecular complexity index is 556. The van der Waals surface area contributed by atoms with Gasteiger partial charge < -0.3 is 5.11 Å². The van der Waals surface area contributed by atoms with E-state index in [4.69, 9.17) is 0 Å². The topological polar surface area (TPSA) is 80.0 Å². The minimum Gasteiger partial charge on any atom is -0.480 e. The summed E-state index contributed by atoms with van der Waals surface area (Å²) < 4.78 is 1.65. The van der Waals surface area contributed by atoms with Gasteiger partial charge in [0.1, 0.15) is 18.2 Å². The van der Waals surface area contributed by atoms with E-state index in [2.05, 4.69) is 15.4 Å². The molecule has 0 radical (unpaired) electrons. The third-order valence-corrected chi connectivity index (χ3v) is 3.49. The molecule has 0 amide bonds. The lowest BCUT2D eigenvalue weighted by Gasteiger charge is -2.31. The molecule has 0 fully saturated rings. The standard InChI is InChI=1S/C15H20N4O2/c1-2-9-17-15(14(20)21,13-6-4-3-5-7-13)8-10-19-12-16-11-18-19/h3-7,11-12,17H,2,8-10H2,1H3,(H,20,21). The van der Waals surface area contributed by atoms with Crippen LogP contribution < -0.4 is 5.32 Å². The van der Waals surface area contributed by atoms with Gasteiger partial charge in [-0.05, 0) is 18.5 Å². The maximum absolute atomic E-state index is 12.0. The third kappa shape index (κ3) is 3.46. The largest absolute Gasteiger partial charge is 0.480 e. The van der Waals surface area contributed by atoms with Crippen LogP contribution in [0.5, 0.6) is 0 Å². The van der Waals surface area contributed by atoms with E-state index in [-0.39, 0.29) is 0 Å². The molecule has 1 heterocycles. The minimum atomic E-state index is -1.11. The van der Waals surface area contributed by atoms with E-state index in [1.807, 2.05) is 37.3 Å². The molecule has 2 aromatic rings. The van der Waals surface area contributed by atoms with Crippen molar-refractivity contribution in [3.05, 3.63) is 48.5 Å². The van der Waals surface area contributed by atoms with Crippen LogP contribution in [0.15, 0.2) is 43.0 Å². The molecule has 1 atom stereocenters. The molecule has 1 unspecified atom stereocenters. The number of aliphatic carboxylic acids is 1. The van der Waals surface area contributed by atoms with Crippen molar-refractivity contribution in [2.45, 2.75) is 31.8 Å². The summed E-state index contributed by atoms with van der Waals surface area (Å²) in [4.78, 5) is 15.9. The predicted octanol–water partition coefficient (Wildman–Crippen LogP) is 1.65. The number of nitrogens with one attached hydrogen (secondary N) is 1. The Balaban J connectivity index is 2.28. The van der Waals surface area contributed by atoms with Crippen LogP contribution in [0, 0.1) is 0 Å². The van der Waals surface area contributed by atoms with Crippen molar-refractivity contribution in [2.24, 2.45) is 0 Å². The SMILES string of the molecule is CCCNC(CCn1cncn1)(C(=O)O)c1ccccc1. The Hall–Kier alpha value is -2.21. The fraction of sp³-hybridized carbons (Fsp3) is 0.400. The summed E-state index contributed by atoms with van der Waals surface area (Å²) in [6, 6.07) is 9.29. The highest BCUT2D eigenvalue weighted by Gasteiger charge is 2.39. The molecule has 2 rings (SSSR count). The molecule has 0 bridgehead atoms. The van der Waals surface area contributed by atoms with Crippen LogP contribution in [0.4, 0.5) is 0 Å². The monoisotopic (exact) mass is 288 g/mol. The second-order valence-corrected chi connectivity index (χ2v) is 4.91. The number of carboxylic acids is 1. The number of benzene rings is 1. The third-order valence-electron chi connectivity index (χ3n) is 3.49. The van der Waals surface area contributed by atoms with E-state index in [1.54, 1.807) is 11.0 Å². The summed E-state index contributed by atoms with van der Waals surface area (Å²) >= 11 is 0. The first-order valence-electron chi connectivity index (χ1n) is 7.05. The van der Waals surface area contributed by atoms with Gasteiger partial charge in [0.2, 0.25) is 0 Å². The van der Waals surface area contributed by atoms with Gasteiger partial charge in [0, 0.05) is 13.0 Å². The van der Waals surface area contributed by atoms with Crippen molar-refractivity contribution >= 4 is 5.97 Å². The van der Waals surface area contributed by atoms with E-state index in [0.29, 0.717) is 19.5 Å². The van der Waals surface area contributed by atoms with Crippen LogP contribution in [-0.2, 0) is 16.9 Å². The summed E-state index contributed by atoms with van der Waals surface area (Å²) in [6.45, 7) is 3.14. The summed E-state index contributed by atoms with van der Waals surface area (Å²) in [5.74, 6) is -0.873. The van der Waals surface area contributed by atoms with E-state index >= 15 is 0 Å². The van der Waals surface area contributed by atoms with Gasteiger partial charge in [-0.3, -0.25) is 10.00 Å². The molecule has 21 heavy (non-hydrogen) atoms. The van der Waals surface area contributed by atoms with E-state index in [0.717, 1.165) is 12.0 Å². The van der Waals surface area contributed by atoms with Crippen LogP contribution in [0.3, 0.4) is 0 Å². The van der Waals surface area contributed by atoms with Gasteiger partial charge in [-0.15, -0.1) is 0 Å². The van der Waals surface area contributed by atoms with Crippen molar-refractivity contribution < 1.29 is 9.90 Å². The van der Waals surface area contributed by atoms with Crippen LogP contribution in [0.1, 0.15) is 25.3 Å². The highest BCUT2D eigenvalue weighted by molar-refractivity contribution is 5.80. The molecule has 0 saturated carbocycles. The Kier molecular flexibility index (Phi) is 5.05. The van der Waals surface area contributed by atoms with Crippen molar-refractivity contribution in [1.82, 2.24) is 20.1 Å². The van der Waals surface area contributed by atoms with Gasteiger partial charge in [0.05, 0.1) is 0 Å². The molecule has 0 spiro atoms. The van der Waals surface area contributed by atoms with Gasteiger partial charge in [-0.25, -0.2) is 9.78 Å². The lowest BCUT2D eigenvalue weighted by atomic mass is 9.86. The van der Waals surface area contributed by atoms with Crippen LogP contribution in [-0.4, -0.2) is 32.4 Å². The smallest absolute Gasteiger partial charge is 0.328 e. The van der Waals surface area contributed by atoms with E-state index in [1.165, 1.54) is 6.33 Å². The Morgan fingerprint density at radius 2 is 2.14 bits per heavy atom. The van der Waals surface area contributed by atoms with Crippen LogP contribution in [0.2, 0.25) is 0 Å². The fourth-order valence-electron chi connectivity index (χ4n) is 2.33. The molecule has 6 nitrogen and oxygen atoms in total. The normalized spacial score (nSPS) is 13.8. The number of hydrogen-bond donors (Lipinski definition) is 2.